The highest BCUT2D eigenvalue weighted by molar-refractivity contribution is 6.69. The highest BCUT2D eigenvalue weighted by atomic mass is 15.0. The fourth-order valence-electron chi connectivity index (χ4n) is 10.7. The standard InChI is InChI=1S/C54H43B7N2/c55-45-42(46(56)50(60)53-43(45)44-47(57)48(58)49(59)51(61)54(44)63(53)40-22-11-10-19-36(40)32-15-6-2-7-16-32)34-25-28-41-39(29-34)38-21-12-20-37(33-17-8-3-9-18-33)52(38)62(41)35-26-23-31(24-27-35)30-13-4-1-5-14-30/h1-29H,55-61H2. The Morgan fingerprint density at radius 3 is 1.48 bits per heavy atom. The average molecular weight is 796 g/mol. The van der Waals surface area contributed by atoms with Crippen LogP contribution in [0.5, 0.6) is 0 Å². The van der Waals surface area contributed by atoms with Crippen LogP contribution in [-0.4, -0.2) is 64.1 Å². The van der Waals surface area contributed by atoms with E-state index in [1.807, 2.05) is 0 Å². The van der Waals surface area contributed by atoms with E-state index < -0.39 is 0 Å². The number of rotatable bonds is 6. The van der Waals surface area contributed by atoms with Gasteiger partial charge >= 0.3 is 0 Å². The molecule has 0 aliphatic carbocycles. The number of hydrogen-bond acceptors (Lipinski definition) is 0. The quantitative estimate of drug-likeness (QED) is 0.229. The molecule has 2 nitrogen and oxygen atoms in total. The predicted molar refractivity (Wildman–Crippen MR) is 294 cm³/mol. The van der Waals surface area contributed by atoms with E-state index in [9.17, 15) is 0 Å². The Bertz CT molecular complexity index is 3620. The van der Waals surface area contributed by atoms with Gasteiger partial charge in [0, 0.05) is 44.0 Å². The summed E-state index contributed by atoms with van der Waals surface area (Å²) in [6.07, 6.45) is 0. The maximum Gasteiger partial charge on any atom is 0.141 e. The van der Waals surface area contributed by atoms with Crippen molar-refractivity contribution >= 4 is 137 Å². The molecule has 0 saturated carbocycles. The van der Waals surface area contributed by atoms with Crippen molar-refractivity contribution in [3.63, 3.8) is 0 Å². The van der Waals surface area contributed by atoms with E-state index in [1.54, 1.807) is 0 Å². The molecule has 0 radical (unpaired) electrons. The fraction of sp³-hybridized carbons (Fsp3) is 0. The van der Waals surface area contributed by atoms with E-state index in [-0.39, 0.29) is 0 Å². The van der Waals surface area contributed by atoms with Crippen molar-refractivity contribution < 1.29 is 0 Å². The van der Waals surface area contributed by atoms with Crippen LogP contribution in [-0.2, 0) is 0 Å². The molecule has 0 N–H and O–H groups in total. The highest BCUT2D eigenvalue weighted by Crippen LogP contribution is 2.41. The summed E-state index contributed by atoms with van der Waals surface area (Å²) in [5.41, 5.74) is 26.7. The van der Waals surface area contributed by atoms with Crippen LogP contribution in [0.4, 0.5) is 0 Å². The molecule has 0 saturated heterocycles. The Kier molecular flexibility index (Phi) is 9.35. The lowest BCUT2D eigenvalue weighted by molar-refractivity contribution is 1.18. The predicted octanol–water partition coefficient (Wildman–Crippen LogP) is 2.36. The third-order valence-electron chi connectivity index (χ3n) is 14.3. The van der Waals surface area contributed by atoms with Gasteiger partial charge in [-0.15, -0.1) is 5.46 Å². The molecular formula is C54H43B7N2. The number of nitrogens with zero attached hydrogens (tertiary/aromatic N) is 2. The zero-order valence-electron chi connectivity index (χ0n) is 37.1. The second-order valence-corrected chi connectivity index (χ2v) is 17.5. The summed E-state index contributed by atoms with van der Waals surface area (Å²) in [6.45, 7) is 0. The van der Waals surface area contributed by atoms with Gasteiger partial charge in [0.2, 0.25) is 0 Å². The molecule has 0 fully saturated rings. The van der Waals surface area contributed by atoms with Crippen LogP contribution in [0.1, 0.15) is 0 Å². The first-order chi connectivity index (χ1) is 30.7. The number of benzene rings is 9. The van der Waals surface area contributed by atoms with Crippen LogP contribution in [0.3, 0.4) is 0 Å². The smallest absolute Gasteiger partial charge is 0.141 e. The molecule has 11 aromatic rings. The molecule has 0 unspecified atom stereocenters. The number of para-hydroxylation sites is 2. The maximum absolute atomic E-state index is 2.60. The molecule has 0 aliphatic heterocycles. The summed E-state index contributed by atoms with van der Waals surface area (Å²) < 4.78 is 5.08. The first-order valence-electron chi connectivity index (χ1n) is 22.2. The molecule has 0 amide bonds. The maximum atomic E-state index is 2.60. The van der Waals surface area contributed by atoms with Crippen molar-refractivity contribution in [2.75, 3.05) is 0 Å². The summed E-state index contributed by atoms with van der Waals surface area (Å²) in [6, 6.07) is 64.4. The number of hydrogen-bond donors (Lipinski definition) is 0. The monoisotopic (exact) mass is 796 g/mol. The van der Waals surface area contributed by atoms with Crippen LogP contribution in [0.2, 0.25) is 0 Å². The Hall–Kier alpha value is -6.97. The Labute approximate surface area is 375 Å². The van der Waals surface area contributed by atoms with Crippen LogP contribution >= 0.6 is 0 Å². The zero-order valence-corrected chi connectivity index (χ0v) is 37.1. The van der Waals surface area contributed by atoms with Gasteiger partial charge in [-0.25, -0.2) is 0 Å². The molecule has 2 aromatic heterocycles. The van der Waals surface area contributed by atoms with Crippen molar-refractivity contribution in [3.05, 3.63) is 176 Å². The van der Waals surface area contributed by atoms with Crippen LogP contribution < -0.4 is 38.2 Å². The average Bonchev–Trinajstić information content (AvgIpc) is 3.87. The minimum Gasteiger partial charge on any atom is -0.310 e. The third-order valence-corrected chi connectivity index (χ3v) is 14.3. The molecule has 0 spiro atoms. The van der Waals surface area contributed by atoms with Gasteiger partial charge < -0.3 is 9.13 Å². The summed E-state index contributed by atoms with van der Waals surface area (Å²) in [5, 5.41) is 5.21. The van der Waals surface area contributed by atoms with Gasteiger partial charge in [-0.05, 0) is 69.1 Å². The van der Waals surface area contributed by atoms with E-state index in [4.69, 9.17) is 0 Å². The third kappa shape index (κ3) is 5.97. The minimum atomic E-state index is 1.15. The van der Waals surface area contributed by atoms with E-state index in [2.05, 4.69) is 240 Å². The van der Waals surface area contributed by atoms with Gasteiger partial charge in [0.25, 0.3) is 0 Å². The zero-order chi connectivity index (χ0) is 43.1. The second-order valence-electron chi connectivity index (χ2n) is 17.5. The summed E-state index contributed by atoms with van der Waals surface area (Å²) in [5.74, 6) is 0. The lowest BCUT2D eigenvalue weighted by atomic mass is 9.64. The molecule has 11 rings (SSSR count). The van der Waals surface area contributed by atoms with Crippen molar-refractivity contribution in [1.29, 1.82) is 0 Å². The van der Waals surface area contributed by atoms with Gasteiger partial charge in [-0.3, -0.25) is 0 Å². The molecule has 9 aromatic carbocycles. The molecule has 290 valence electrons. The molecular weight excluding hydrogens is 752 g/mol. The SMILES string of the molecule is Bc1c(B)c(B)c2c(c1B)c1c(B)c(-c3ccc4c(c3)c3cccc(-c5ccccc5)c3n4-c3ccc(-c4ccccc4)cc3)c(B)c(B)c1n2-c1ccccc1-c1ccccc1. The number of aromatic nitrogens is 2. The Morgan fingerprint density at radius 1 is 0.302 bits per heavy atom. The summed E-state index contributed by atoms with van der Waals surface area (Å²) >= 11 is 0. The highest BCUT2D eigenvalue weighted by Gasteiger charge is 2.26. The second kappa shape index (κ2) is 15.1. The number of fused-ring (bicyclic) bond motifs is 6. The molecule has 63 heavy (non-hydrogen) atoms. The van der Waals surface area contributed by atoms with E-state index >= 15 is 0 Å². The summed E-state index contributed by atoms with van der Waals surface area (Å²) in [4.78, 5) is 0. The van der Waals surface area contributed by atoms with Crippen molar-refractivity contribution in [2.45, 2.75) is 0 Å². The van der Waals surface area contributed by atoms with Crippen molar-refractivity contribution in [3.8, 4) is 55.9 Å². The largest absolute Gasteiger partial charge is 0.310 e. The van der Waals surface area contributed by atoms with Gasteiger partial charge in [0.05, 0.1) is 16.7 Å². The van der Waals surface area contributed by atoms with Gasteiger partial charge in [0.1, 0.15) is 54.9 Å². The molecule has 2 heterocycles. The van der Waals surface area contributed by atoms with Gasteiger partial charge in [-0.1, -0.05) is 178 Å². The summed E-state index contributed by atoms with van der Waals surface area (Å²) in [7, 11) is 16.3. The van der Waals surface area contributed by atoms with Crippen molar-refractivity contribution in [1.82, 2.24) is 9.13 Å². The normalized spacial score (nSPS) is 11.6. The Balaban J connectivity index is 1.20. The van der Waals surface area contributed by atoms with E-state index in [0.717, 1.165) is 5.69 Å². The molecule has 9 heteroatoms. The van der Waals surface area contributed by atoms with Crippen LogP contribution in [0.15, 0.2) is 176 Å². The first kappa shape index (κ1) is 38.9. The molecule has 0 atom stereocenters. The minimum absolute atomic E-state index is 1.15. The fourth-order valence-corrected chi connectivity index (χ4v) is 10.7. The lowest BCUT2D eigenvalue weighted by Gasteiger charge is -2.20. The van der Waals surface area contributed by atoms with Gasteiger partial charge in [-0.2, -0.15) is 0 Å². The first-order valence-corrected chi connectivity index (χ1v) is 22.2. The molecule has 0 aliphatic rings. The van der Waals surface area contributed by atoms with Crippen LogP contribution in [0.25, 0.3) is 99.5 Å². The lowest BCUT2D eigenvalue weighted by Crippen LogP contribution is -2.48. The van der Waals surface area contributed by atoms with E-state index in [0.29, 0.717) is 0 Å². The van der Waals surface area contributed by atoms with E-state index in [1.165, 1.54) is 132 Å². The van der Waals surface area contributed by atoms with Gasteiger partial charge in [0.15, 0.2) is 0 Å². The van der Waals surface area contributed by atoms with Crippen molar-refractivity contribution in [2.24, 2.45) is 0 Å². The molecule has 0 bridgehead atoms. The Morgan fingerprint density at radius 2 is 0.810 bits per heavy atom. The topological polar surface area (TPSA) is 9.86 Å². The van der Waals surface area contributed by atoms with Crippen LogP contribution in [0, 0.1) is 0 Å².